The summed E-state index contributed by atoms with van der Waals surface area (Å²) in [6.07, 6.45) is 0.158. The molecule has 6 nitrogen and oxygen atoms in total. The van der Waals surface area contributed by atoms with Crippen LogP contribution in [0.5, 0.6) is 5.75 Å². The van der Waals surface area contributed by atoms with Gasteiger partial charge in [0.1, 0.15) is 5.75 Å². The van der Waals surface area contributed by atoms with Gasteiger partial charge >= 0.3 is 5.97 Å². The molecule has 112 valence electrons. The molecule has 0 aliphatic heterocycles. The molecule has 0 fully saturated rings. The van der Waals surface area contributed by atoms with Gasteiger partial charge in [-0.1, -0.05) is 18.2 Å². The molecule has 0 saturated carbocycles. The number of carbonyl (C=O) groups is 1. The van der Waals surface area contributed by atoms with Crippen molar-refractivity contribution in [3.63, 3.8) is 0 Å². The Morgan fingerprint density at radius 3 is 2.55 bits per heavy atom. The van der Waals surface area contributed by atoms with Gasteiger partial charge in [0, 0.05) is 13.6 Å². The fourth-order valence-corrected chi connectivity index (χ4v) is 2.66. The first-order valence-corrected chi connectivity index (χ1v) is 7.86. The highest BCUT2D eigenvalue weighted by atomic mass is 32.2. The molecule has 0 aromatic heterocycles. The minimum Gasteiger partial charge on any atom is -0.494 e. The zero-order valence-electron chi connectivity index (χ0n) is 11.4. The molecule has 0 bridgehead atoms. The maximum Gasteiger partial charge on any atom is 0.304 e. The summed E-state index contributed by atoms with van der Waals surface area (Å²) in [7, 11) is -2.06. The smallest absolute Gasteiger partial charge is 0.304 e. The number of hydrogen-bond acceptors (Lipinski definition) is 4. The number of sulfonamides is 1. The second kappa shape index (κ2) is 7.86. The van der Waals surface area contributed by atoms with Crippen LogP contribution in [0.1, 0.15) is 12.8 Å². The lowest BCUT2D eigenvalue weighted by Crippen LogP contribution is -2.31. The fourth-order valence-electron chi connectivity index (χ4n) is 1.51. The van der Waals surface area contributed by atoms with Crippen LogP contribution in [0, 0.1) is 0 Å². The summed E-state index contributed by atoms with van der Waals surface area (Å²) >= 11 is 0. The summed E-state index contributed by atoms with van der Waals surface area (Å²) in [6, 6.07) is 9.26. The molecule has 1 rings (SSSR count). The Morgan fingerprint density at radius 2 is 1.95 bits per heavy atom. The van der Waals surface area contributed by atoms with Crippen molar-refractivity contribution in [1.29, 1.82) is 0 Å². The lowest BCUT2D eigenvalue weighted by atomic mass is 10.3. The molecule has 0 aliphatic rings. The summed E-state index contributed by atoms with van der Waals surface area (Å²) in [6.45, 7) is 0.706. The number of hydrogen-bond donors (Lipinski definition) is 1. The lowest BCUT2D eigenvalue weighted by molar-refractivity contribution is -0.136. The van der Waals surface area contributed by atoms with E-state index in [0.29, 0.717) is 19.6 Å². The molecule has 0 heterocycles. The molecule has 1 N–H and O–H groups in total. The summed E-state index contributed by atoms with van der Waals surface area (Å²) in [5.74, 6) is -0.753. The highest BCUT2D eigenvalue weighted by molar-refractivity contribution is 7.89. The van der Waals surface area contributed by atoms with E-state index in [1.165, 1.54) is 11.4 Å². The van der Waals surface area contributed by atoms with Crippen molar-refractivity contribution in [1.82, 2.24) is 4.31 Å². The van der Waals surface area contributed by atoms with Gasteiger partial charge in [0.25, 0.3) is 0 Å². The molecule has 0 radical (unpaired) electrons. The van der Waals surface area contributed by atoms with Crippen LogP contribution >= 0.6 is 0 Å². The summed E-state index contributed by atoms with van der Waals surface area (Å²) in [4.78, 5) is 10.4. The van der Waals surface area contributed by atoms with E-state index < -0.39 is 16.0 Å². The van der Waals surface area contributed by atoms with Crippen LogP contribution in [-0.2, 0) is 14.8 Å². The number of carboxylic acid groups (broad SMARTS) is 1. The molecule has 0 atom stereocenters. The number of ether oxygens (including phenoxy) is 1. The highest BCUT2D eigenvalue weighted by Crippen LogP contribution is 2.09. The van der Waals surface area contributed by atoms with E-state index in [9.17, 15) is 13.2 Å². The third-order valence-electron chi connectivity index (χ3n) is 2.68. The highest BCUT2D eigenvalue weighted by Gasteiger charge is 2.18. The minimum atomic E-state index is -3.50. The molecular formula is C13H19NO5S. The molecule has 20 heavy (non-hydrogen) atoms. The summed E-state index contributed by atoms with van der Waals surface area (Å²) in [5.41, 5.74) is 0. The number of aliphatic carboxylic acids is 1. The normalized spacial score (nSPS) is 11.5. The van der Waals surface area contributed by atoms with E-state index in [0.717, 1.165) is 5.75 Å². The molecule has 0 saturated heterocycles. The van der Waals surface area contributed by atoms with E-state index in [1.54, 1.807) is 0 Å². The van der Waals surface area contributed by atoms with E-state index in [1.807, 2.05) is 30.3 Å². The minimum absolute atomic E-state index is 0.300. The van der Waals surface area contributed by atoms with Crippen LogP contribution in [0.25, 0.3) is 0 Å². The van der Waals surface area contributed by atoms with Gasteiger partial charge < -0.3 is 9.84 Å². The first-order chi connectivity index (χ1) is 9.42. The van der Waals surface area contributed by atoms with Gasteiger partial charge in [-0.2, -0.15) is 0 Å². The van der Waals surface area contributed by atoms with Crippen molar-refractivity contribution in [3.05, 3.63) is 30.3 Å². The van der Waals surface area contributed by atoms with Crippen LogP contribution in [0.15, 0.2) is 30.3 Å². The predicted molar refractivity (Wildman–Crippen MR) is 75.2 cm³/mol. The Bertz CT molecular complexity index is 515. The van der Waals surface area contributed by atoms with Gasteiger partial charge in [-0.25, -0.2) is 12.7 Å². The van der Waals surface area contributed by atoms with Crippen molar-refractivity contribution in [2.75, 3.05) is 26.0 Å². The topological polar surface area (TPSA) is 83.9 Å². The Hall–Kier alpha value is -1.60. The van der Waals surface area contributed by atoms with Crippen LogP contribution in [-0.4, -0.2) is 49.8 Å². The zero-order valence-corrected chi connectivity index (χ0v) is 12.2. The predicted octanol–water partition coefficient (Wildman–Crippen LogP) is 1.19. The molecule has 1 aromatic rings. The summed E-state index contributed by atoms with van der Waals surface area (Å²) in [5, 5.41) is 8.50. The van der Waals surface area contributed by atoms with Gasteiger partial charge in [-0.3, -0.25) is 4.79 Å². The number of carboxylic acids is 1. The van der Waals surface area contributed by atoms with Crippen molar-refractivity contribution in [2.45, 2.75) is 12.8 Å². The molecule has 7 heteroatoms. The molecule has 0 aliphatic carbocycles. The van der Waals surface area contributed by atoms with Crippen LogP contribution in [0.4, 0.5) is 0 Å². The second-order valence-corrected chi connectivity index (χ2v) is 6.49. The van der Waals surface area contributed by atoms with Gasteiger partial charge in [0.15, 0.2) is 0 Å². The maximum absolute atomic E-state index is 11.7. The number of rotatable bonds is 9. The average molecular weight is 301 g/mol. The Kier molecular flexibility index (Phi) is 6.47. The second-order valence-electron chi connectivity index (χ2n) is 4.30. The first-order valence-electron chi connectivity index (χ1n) is 6.25. The van der Waals surface area contributed by atoms with Gasteiger partial charge in [0.05, 0.1) is 18.8 Å². The zero-order chi connectivity index (χ0) is 15.0. The van der Waals surface area contributed by atoms with E-state index >= 15 is 0 Å². The molecule has 0 spiro atoms. The van der Waals surface area contributed by atoms with Crippen LogP contribution < -0.4 is 4.74 Å². The lowest BCUT2D eigenvalue weighted by Gasteiger charge is -2.16. The largest absolute Gasteiger partial charge is 0.494 e. The average Bonchev–Trinajstić information content (AvgIpc) is 2.42. The molecule has 0 unspecified atom stereocenters. The van der Waals surface area contributed by atoms with Gasteiger partial charge in [0.2, 0.25) is 10.0 Å². The standard InChI is InChI=1S/C13H19NO5S/c1-14(20(17,18)11-8-13(15)16)9-5-10-19-12-6-3-2-4-7-12/h2-4,6-7H,5,8-11H2,1H3,(H,15,16). The number of para-hydroxylation sites is 1. The van der Waals surface area contributed by atoms with E-state index in [2.05, 4.69) is 0 Å². The summed E-state index contributed by atoms with van der Waals surface area (Å²) < 4.78 is 30.1. The van der Waals surface area contributed by atoms with Crippen molar-refractivity contribution in [3.8, 4) is 5.75 Å². The fraction of sp³-hybridized carbons (Fsp3) is 0.462. The Balaban J connectivity index is 2.28. The van der Waals surface area contributed by atoms with Crippen LogP contribution in [0.3, 0.4) is 0 Å². The SMILES string of the molecule is CN(CCCOc1ccccc1)S(=O)(=O)CCC(=O)O. The Labute approximate surface area is 119 Å². The quantitative estimate of drug-likeness (QED) is 0.693. The number of nitrogens with zero attached hydrogens (tertiary/aromatic N) is 1. The van der Waals surface area contributed by atoms with Crippen molar-refractivity contribution in [2.24, 2.45) is 0 Å². The third-order valence-corrected chi connectivity index (χ3v) is 4.53. The monoisotopic (exact) mass is 301 g/mol. The van der Waals surface area contributed by atoms with Gasteiger partial charge in [-0.05, 0) is 18.6 Å². The third kappa shape index (κ3) is 6.03. The first kappa shape index (κ1) is 16.5. The van der Waals surface area contributed by atoms with Crippen molar-refractivity contribution >= 4 is 16.0 Å². The Morgan fingerprint density at radius 1 is 1.30 bits per heavy atom. The maximum atomic E-state index is 11.7. The van der Waals surface area contributed by atoms with E-state index in [-0.39, 0.29) is 12.2 Å². The molecule has 1 aromatic carbocycles. The molecule has 0 amide bonds. The molecular weight excluding hydrogens is 282 g/mol. The van der Waals surface area contributed by atoms with Crippen molar-refractivity contribution < 1.29 is 23.1 Å². The number of benzene rings is 1. The van der Waals surface area contributed by atoms with Crippen LogP contribution in [0.2, 0.25) is 0 Å². The van der Waals surface area contributed by atoms with E-state index in [4.69, 9.17) is 9.84 Å². The van der Waals surface area contributed by atoms with Gasteiger partial charge in [-0.15, -0.1) is 0 Å².